The van der Waals surface area contributed by atoms with Crippen LogP contribution in [0.4, 0.5) is 5.82 Å². The highest BCUT2D eigenvalue weighted by atomic mass is 35.5. The Labute approximate surface area is 197 Å². The first-order valence-electron chi connectivity index (χ1n) is 10.4. The van der Waals surface area contributed by atoms with Crippen LogP contribution in [0.25, 0.3) is 11.0 Å². The van der Waals surface area contributed by atoms with Crippen molar-refractivity contribution >= 4 is 58.8 Å². The van der Waals surface area contributed by atoms with E-state index in [4.69, 9.17) is 23.2 Å². The monoisotopic (exact) mass is 480 g/mol. The molecule has 10 heteroatoms. The average molecular weight is 481 g/mol. The molecule has 166 valence electrons. The van der Waals surface area contributed by atoms with E-state index in [2.05, 4.69) is 33.0 Å². The van der Waals surface area contributed by atoms with Crippen molar-refractivity contribution in [2.75, 3.05) is 31.6 Å². The van der Waals surface area contributed by atoms with Crippen LogP contribution in [-0.4, -0.2) is 62.8 Å². The Morgan fingerprint density at radius 1 is 1.39 bits per heavy atom. The van der Waals surface area contributed by atoms with Gasteiger partial charge in [0.2, 0.25) is 5.91 Å². The van der Waals surface area contributed by atoms with Gasteiger partial charge in [-0.2, -0.15) is 0 Å². The Bertz CT molecular complexity index is 1020. The summed E-state index contributed by atoms with van der Waals surface area (Å²) in [4.78, 5) is 25.9. The molecule has 3 heterocycles. The highest BCUT2D eigenvalue weighted by Gasteiger charge is 2.26. The number of amides is 1. The Morgan fingerprint density at radius 3 is 3.03 bits per heavy atom. The van der Waals surface area contributed by atoms with Crippen LogP contribution in [0.5, 0.6) is 0 Å². The van der Waals surface area contributed by atoms with E-state index in [9.17, 15) is 4.79 Å². The van der Waals surface area contributed by atoms with Crippen molar-refractivity contribution in [1.29, 1.82) is 0 Å². The van der Waals surface area contributed by atoms with Crippen LogP contribution in [0.3, 0.4) is 0 Å². The maximum absolute atomic E-state index is 13.0. The number of rotatable bonds is 5. The van der Waals surface area contributed by atoms with E-state index in [1.807, 2.05) is 36.4 Å². The highest BCUT2D eigenvalue weighted by Crippen LogP contribution is 2.27. The first-order chi connectivity index (χ1) is 14.9. The van der Waals surface area contributed by atoms with Gasteiger partial charge in [0, 0.05) is 49.5 Å². The molecule has 0 saturated carbocycles. The summed E-state index contributed by atoms with van der Waals surface area (Å²) in [6.45, 7) is 1.62. The number of likely N-dealkylation sites (N-methyl/N-ethyl adjacent to an activating group) is 1. The number of anilines is 1. The summed E-state index contributed by atoms with van der Waals surface area (Å²) in [5.41, 5.74) is 1.57. The number of allylic oxidation sites excluding steroid dienone is 3. The van der Waals surface area contributed by atoms with Crippen LogP contribution in [0.2, 0.25) is 0 Å². The Hall–Kier alpha value is -1.90. The van der Waals surface area contributed by atoms with Crippen molar-refractivity contribution in [2.45, 2.75) is 37.1 Å². The summed E-state index contributed by atoms with van der Waals surface area (Å²) in [6.07, 6.45) is 10.8. The van der Waals surface area contributed by atoms with Crippen molar-refractivity contribution < 1.29 is 4.79 Å². The molecule has 0 aromatic carbocycles. The number of nitrogens with zero attached hydrogens (tertiary/aromatic N) is 5. The molecule has 2 atom stereocenters. The summed E-state index contributed by atoms with van der Waals surface area (Å²) >= 11 is 16.7. The third-order valence-electron chi connectivity index (χ3n) is 5.83. The molecule has 0 bridgehead atoms. The SMILES string of the molecule is CN(c1ncnc2c1ccn2S)C1CCCCN(C(=O)CNC2=CC(Cl)CC(Cl)=C2)C1. The molecule has 2 unspecified atom stereocenters. The summed E-state index contributed by atoms with van der Waals surface area (Å²) in [7, 11) is 2.04. The lowest BCUT2D eigenvalue weighted by Gasteiger charge is -2.32. The van der Waals surface area contributed by atoms with Gasteiger partial charge in [0.25, 0.3) is 0 Å². The quantitative estimate of drug-likeness (QED) is 0.505. The first-order valence-corrected chi connectivity index (χ1v) is 11.6. The van der Waals surface area contributed by atoms with Gasteiger partial charge in [-0.3, -0.25) is 8.77 Å². The van der Waals surface area contributed by atoms with Gasteiger partial charge in [0.15, 0.2) is 5.65 Å². The minimum absolute atomic E-state index is 0.0664. The van der Waals surface area contributed by atoms with Gasteiger partial charge in [0.1, 0.15) is 12.1 Å². The summed E-state index contributed by atoms with van der Waals surface area (Å²) < 4.78 is 1.69. The Morgan fingerprint density at radius 2 is 2.23 bits per heavy atom. The number of aromatic nitrogens is 3. The van der Waals surface area contributed by atoms with Gasteiger partial charge < -0.3 is 15.1 Å². The molecule has 1 aliphatic carbocycles. The molecular formula is C21H26Cl2N6OS. The van der Waals surface area contributed by atoms with Crippen LogP contribution in [-0.2, 0) is 4.79 Å². The normalized spacial score (nSPS) is 22.0. The molecule has 1 N–H and O–H groups in total. The third kappa shape index (κ3) is 5.13. The fourth-order valence-corrected chi connectivity index (χ4v) is 5.05. The first kappa shape index (κ1) is 22.3. The Balaban J connectivity index is 1.44. The number of thiol groups is 1. The van der Waals surface area contributed by atoms with Crippen LogP contribution in [0.1, 0.15) is 25.7 Å². The van der Waals surface area contributed by atoms with Crippen molar-refractivity contribution in [3.63, 3.8) is 0 Å². The maximum atomic E-state index is 13.0. The molecule has 1 aliphatic heterocycles. The second kappa shape index (κ2) is 9.71. The Kier molecular flexibility index (Phi) is 6.99. The van der Waals surface area contributed by atoms with Crippen LogP contribution in [0.15, 0.2) is 41.5 Å². The van der Waals surface area contributed by atoms with Gasteiger partial charge in [-0.05, 0) is 37.5 Å². The molecule has 0 radical (unpaired) electrons. The maximum Gasteiger partial charge on any atom is 0.241 e. The van der Waals surface area contributed by atoms with Gasteiger partial charge in [0.05, 0.1) is 17.3 Å². The lowest BCUT2D eigenvalue weighted by Crippen LogP contribution is -2.46. The smallest absolute Gasteiger partial charge is 0.241 e. The summed E-state index contributed by atoms with van der Waals surface area (Å²) in [5.74, 6) is 0.923. The zero-order valence-electron chi connectivity index (χ0n) is 17.3. The van der Waals surface area contributed by atoms with Crippen LogP contribution < -0.4 is 10.2 Å². The van der Waals surface area contributed by atoms with E-state index in [0.717, 1.165) is 48.4 Å². The zero-order chi connectivity index (χ0) is 22.0. The summed E-state index contributed by atoms with van der Waals surface area (Å²) in [5, 5.41) is 4.68. The zero-order valence-corrected chi connectivity index (χ0v) is 19.7. The lowest BCUT2D eigenvalue weighted by molar-refractivity contribution is -0.130. The third-order valence-corrected chi connectivity index (χ3v) is 6.70. The number of alkyl halides is 1. The fraction of sp³-hybridized carbons (Fsp3) is 0.476. The van der Waals surface area contributed by atoms with Gasteiger partial charge >= 0.3 is 0 Å². The topological polar surface area (TPSA) is 66.3 Å². The number of halogens is 2. The van der Waals surface area contributed by atoms with E-state index in [1.165, 1.54) is 0 Å². The average Bonchev–Trinajstić information content (AvgIpc) is 2.97. The highest BCUT2D eigenvalue weighted by molar-refractivity contribution is 7.78. The minimum atomic E-state index is -0.150. The predicted octanol–water partition coefficient (Wildman–Crippen LogP) is 3.55. The number of fused-ring (bicyclic) bond motifs is 1. The molecule has 0 spiro atoms. The van der Waals surface area contributed by atoms with Crippen molar-refractivity contribution in [2.24, 2.45) is 0 Å². The second-order valence-electron chi connectivity index (χ2n) is 7.98. The number of hydrogen-bond donors (Lipinski definition) is 2. The van der Waals surface area contributed by atoms with Crippen LogP contribution >= 0.6 is 36.0 Å². The van der Waals surface area contributed by atoms with Crippen molar-refractivity contribution in [3.05, 3.63) is 41.5 Å². The number of carbonyl (C=O) groups is 1. The summed E-state index contributed by atoms with van der Waals surface area (Å²) in [6, 6.07) is 2.14. The number of nitrogens with one attached hydrogen (secondary N) is 1. The molecule has 2 aromatic rings. The molecule has 4 rings (SSSR count). The van der Waals surface area contributed by atoms with Crippen molar-refractivity contribution in [3.8, 4) is 0 Å². The molecule has 31 heavy (non-hydrogen) atoms. The standard InChI is InChI=1S/C21H26Cl2N6OS/c1-27(20-18-5-7-29(31)21(18)26-13-25-20)17-4-2-3-6-28(12-17)19(30)11-24-16-9-14(22)8-15(23)10-16/h5,7,9-10,13-14,17,24,31H,2-4,6,8,11-12H2,1H3. The fourth-order valence-electron chi connectivity index (χ4n) is 4.16. The molecule has 7 nitrogen and oxygen atoms in total. The van der Waals surface area contributed by atoms with E-state index >= 15 is 0 Å². The molecule has 1 fully saturated rings. The molecule has 2 aromatic heterocycles. The van der Waals surface area contributed by atoms with E-state index < -0.39 is 0 Å². The van der Waals surface area contributed by atoms with Crippen LogP contribution in [0, 0.1) is 0 Å². The predicted molar refractivity (Wildman–Crippen MR) is 129 cm³/mol. The number of carbonyl (C=O) groups excluding carboxylic acids is 1. The van der Waals surface area contributed by atoms with Gasteiger partial charge in [-0.25, -0.2) is 9.97 Å². The van der Waals surface area contributed by atoms with Gasteiger partial charge in [-0.1, -0.05) is 24.4 Å². The molecule has 1 amide bonds. The van der Waals surface area contributed by atoms with E-state index in [0.29, 0.717) is 18.0 Å². The molecule has 2 aliphatic rings. The largest absolute Gasteiger partial charge is 0.376 e. The number of hydrogen-bond acceptors (Lipinski definition) is 6. The minimum Gasteiger partial charge on any atom is -0.376 e. The second-order valence-corrected chi connectivity index (χ2v) is 9.46. The van der Waals surface area contributed by atoms with E-state index in [1.54, 1.807) is 10.3 Å². The number of likely N-dealkylation sites (tertiary alicyclic amines) is 1. The lowest BCUT2D eigenvalue weighted by atomic mass is 10.1. The molecular weight excluding hydrogens is 455 g/mol. The van der Waals surface area contributed by atoms with E-state index in [-0.39, 0.29) is 23.9 Å². The molecule has 1 saturated heterocycles. The van der Waals surface area contributed by atoms with Crippen molar-refractivity contribution in [1.82, 2.24) is 24.2 Å². The van der Waals surface area contributed by atoms with Gasteiger partial charge in [-0.15, -0.1) is 11.6 Å².